The van der Waals surface area contributed by atoms with E-state index < -0.39 is 11.5 Å². The predicted molar refractivity (Wildman–Crippen MR) is 93.3 cm³/mol. The minimum atomic E-state index is -1.30. The number of nitrogens with zero attached hydrogens (tertiary/aromatic N) is 5. The van der Waals surface area contributed by atoms with Gasteiger partial charge in [-0.25, -0.2) is 4.79 Å². The molecular weight excluding hydrogens is 322 g/mol. The lowest BCUT2D eigenvalue weighted by Crippen LogP contribution is -2.27. The van der Waals surface area contributed by atoms with E-state index in [9.17, 15) is 14.7 Å². The largest absolute Gasteiger partial charge is 0.477 e. The SMILES string of the molecule is CN(C)c1ccc(-c2cc(C(=O)O)c(=O)n(-c3cnn(C)c3)n2)cc1. The summed E-state index contributed by atoms with van der Waals surface area (Å²) >= 11 is 0. The van der Waals surface area contributed by atoms with Crippen molar-refractivity contribution in [2.45, 2.75) is 0 Å². The summed E-state index contributed by atoms with van der Waals surface area (Å²) in [5.41, 5.74) is 1.47. The third kappa shape index (κ3) is 3.14. The van der Waals surface area contributed by atoms with Gasteiger partial charge >= 0.3 is 5.97 Å². The molecule has 0 aliphatic rings. The van der Waals surface area contributed by atoms with Crippen LogP contribution in [0.5, 0.6) is 0 Å². The highest BCUT2D eigenvalue weighted by Gasteiger charge is 2.17. The van der Waals surface area contributed by atoms with Crippen LogP contribution in [-0.4, -0.2) is 44.7 Å². The number of benzene rings is 1. The molecule has 0 unspecified atom stereocenters. The number of rotatable bonds is 4. The molecule has 1 N–H and O–H groups in total. The Hall–Kier alpha value is -3.42. The van der Waals surface area contributed by atoms with Crippen LogP contribution in [0.3, 0.4) is 0 Å². The van der Waals surface area contributed by atoms with Crippen LogP contribution >= 0.6 is 0 Å². The Balaban J connectivity index is 2.18. The van der Waals surface area contributed by atoms with E-state index in [-0.39, 0.29) is 5.56 Å². The van der Waals surface area contributed by atoms with Crippen molar-refractivity contribution in [2.75, 3.05) is 19.0 Å². The van der Waals surface area contributed by atoms with E-state index in [1.807, 2.05) is 43.3 Å². The van der Waals surface area contributed by atoms with Crippen molar-refractivity contribution in [1.82, 2.24) is 19.6 Å². The van der Waals surface area contributed by atoms with Gasteiger partial charge in [-0.3, -0.25) is 9.48 Å². The molecule has 2 aromatic heterocycles. The van der Waals surface area contributed by atoms with Crippen molar-refractivity contribution in [3.8, 4) is 16.9 Å². The van der Waals surface area contributed by atoms with Gasteiger partial charge in [-0.05, 0) is 18.2 Å². The first-order valence-corrected chi connectivity index (χ1v) is 7.51. The topological polar surface area (TPSA) is 93.3 Å². The third-order valence-corrected chi connectivity index (χ3v) is 3.76. The summed E-state index contributed by atoms with van der Waals surface area (Å²) in [7, 11) is 5.56. The number of aromatic carboxylic acids is 1. The van der Waals surface area contributed by atoms with Crippen LogP contribution in [0.15, 0.2) is 47.5 Å². The molecule has 0 fully saturated rings. The molecule has 0 aliphatic heterocycles. The van der Waals surface area contributed by atoms with Crippen molar-refractivity contribution in [1.29, 1.82) is 0 Å². The summed E-state index contributed by atoms with van der Waals surface area (Å²) in [6, 6.07) is 8.76. The number of carbonyl (C=O) groups is 1. The number of carboxylic acid groups (broad SMARTS) is 1. The fourth-order valence-corrected chi connectivity index (χ4v) is 2.41. The fourth-order valence-electron chi connectivity index (χ4n) is 2.41. The number of aryl methyl sites for hydroxylation is 1. The Morgan fingerprint density at radius 1 is 1.20 bits per heavy atom. The van der Waals surface area contributed by atoms with Crippen molar-refractivity contribution in [3.05, 3.63) is 58.6 Å². The number of hydrogen-bond acceptors (Lipinski definition) is 5. The second kappa shape index (κ2) is 6.23. The number of anilines is 1. The molecule has 0 saturated carbocycles. The molecule has 3 rings (SSSR count). The summed E-state index contributed by atoms with van der Waals surface area (Å²) < 4.78 is 2.58. The predicted octanol–water partition coefficient (Wildman–Crippen LogP) is 1.40. The highest BCUT2D eigenvalue weighted by molar-refractivity contribution is 5.88. The Morgan fingerprint density at radius 3 is 2.40 bits per heavy atom. The van der Waals surface area contributed by atoms with Crippen LogP contribution in [0.2, 0.25) is 0 Å². The standard InChI is InChI=1S/C17H17N5O3/c1-20(2)12-6-4-11(5-7-12)15-8-14(17(24)25)16(23)22(19-15)13-9-18-21(3)10-13/h4-10H,1-3H3,(H,24,25). The smallest absolute Gasteiger partial charge is 0.341 e. The second-order valence-corrected chi connectivity index (χ2v) is 5.78. The zero-order valence-electron chi connectivity index (χ0n) is 14.0. The van der Waals surface area contributed by atoms with Gasteiger partial charge in [0.15, 0.2) is 0 Å². The summed E-state index contributed by atoms with van der Waals surface area (Å²) in [6.45, 7) is 0. The molecule has 0 atom stereocenters. The molecule has 3 aromatic rings. The van der Waals surface area contributed by atoms with Crippen LogP contribution in [-0.2, 0) is 7.05 Å². The molecule has 1 aromatic carbocycles. The van der Waals surface area contributed by atoms with E-state index >= 15 is 0 Å². The van der Waals surface area contributed by atoms with Crippen molar-refractivity contribution < 1.29 is 9.90 Å². The van der Waals surface area contributed by atoms with Gasteiger partial charge in [0.1, 0.15) is 11.3 Å². The van der Waals surface area contributed by atoms with Gasteiger partial charge in [-0.1, -0.05) is 12.1 Å². The van der Waals surface area contributed by atoms with Crippen LogP contribution < -0.4 is 10.5 Å². The first-order chi connectivity index (χ1) is 11.9. The zero-order valence-corrected chi connectivity index (χ0v) is 14.0. The minimum absolute atomic E-state index is 0.342. The Labute approximate surface area is 143 Å². The first kappa shape index (κ1) is 16.4. The van der Waals surface area contributed by atoms with Gasteiger partial charge in [0.05, 0.1) is 18.1 Å². The number of carboxylic acids is 1. The van der Waals surface area contributed by atoms with Gasteiger partial charge in [-0.15, -0.1) is 0 Å². The lowest BCUT2D eigenvalue weighted by Gasteiger charge is -2.13. The monoisotopic (exact) mass is 339 g/mol. The maximum absolute atomic E-state index is 12.4. The minimum Gasteiger partial charge on any atom is -0.477 e. The molecule has 0 spiro atoms. The third-order valence-electron chi connectivity index (χ3n) is 3.76. The molecule has 0 amide bonds. The van der Waals surface area contributed by atoms with Gasteiger partial charge in [0, 0.05) is 32.4 Å². The van der Waals surface area contributed by atoms with E-state index in [4.69, 9.17) is 0 Å². The number of aromatic nitrogens is 4. The molecule has 2 heterocycles. The summed E-state index contributed by atoms with van der Waals surface area (Å²) in [5.74, 6) is -1.30. The van der Waals surface area contributed by atoms with Crippen LogP contribution in [0.1, 0.15) is 10.4 Å². The normalized spacial score (nSPS) is 10.7. The highest BCUT2D eigenvalue weighted by Crippen LogP contribution is 2.21. The average Bonchev–Trinajstić information content (AvgIpc) is 3.01. The molecule has 0 aliphatic carbocycles. The van der Waals surface area contributed by atoms with Crippen LogP contribution in [0, 0.1) is 0 Å². The molecule has 0 saturated heterocycles. The van der Waals surface area contributed by atoms with E-state index in [2.05, 4.69) is 10.2 Å². The molecule has 25 heavy (non-hydrogen) atoms. The van der Waals surface area contributed by atoms with Crippen LogP contribution in [0.4, 0.5) is 5.69 Å². The highest BCUT2D eigenvalue weighted by atomic mass is 16.4. The summed E-state index contributed by atoms with van der Waals surface area (Å²) in [6.07, 6.45) is 3.05. The molecular formula is C17H17N5O3. The van der Waals surface area contributed by atoms with Crippen molar-refractivity contribution >= 4 is 11.7 Å². The average molecular weight is 339 g/mol. The summed E-state index contributed by atoms with van der Waals surface area (Å²) in [5, 5.41) is 17.7. The van der Waals surface area contributed by atoms with E-state index in [0.717, 1.165) is 10.4 Å². The van der Waals surface area contributed by atoms with Gasteiger partial charge in [0.2, 0.25) is 0 Å². The molecule has 0 radical (unpaired) electrons. The number of hydrogen-bond donors (Lipinski definition) is 1. The second-order valence-electron chi connectivity index (χ2n) is 5.78. The summed E-state index contributed by atoms with van der Waals surface area (Å²) in [4.78, 5) is 25.8. The van der Waals surface area contributed by atoms with Gasteiger partial charge in [0.25, 0.3) is 5.56 Å². The maximum Gasteiger partial charge on any atom is 0.341 e. The zero-order chi connectivity index (χ0) is 18.1. The van der Waals surface area contributed by atoms with Crippen LogP contribution in [0.25, 0.3) is 16.9 Å². The Morgan fingerprint density at radius 2 is 1.88 bits per heavy atom. The molecule has 8 nitrogen and oxygen atoms in total. The van der Waals surface area contributed by atoms with Gasteiger partial charge < -0.3 is 10.0 Å². The first-order valence-electron chi connectivity index (χ1n) is 7.51. The fraction of sp³-hybridized carbons (Fsp3) is 0.176. The molecule has 128 valence electrons. The van der Waals surface area contributed by atoms with Crippen molar-refractivity contribution in [3.63, 3.8) is 0 Å². The molecule has 0 bridgehead atoms. The lowest BCUT2D eigenvalue weighted by atomic mass is 10.1. The maximum atomic E-state index is 12.4. The van der Waals surface area contributed by atoms with Crippen molar-refractivity contribution in [2.24, 2.45) is 7.05 Å². The quantitative estimate of drug-likeness (QED) is 0.772. The Bertz CT molecular complexity index is 986. The lowest BCUT2D eigenvalue weighted by molar-refractivity contribution is 0.0694. The van der Waals surface area contributed by atoms with E-state index in [0.29, 0.717) is 16.9 Å². The van der Waals surface area contributed by atoms with E-state index in [1.54, 1.807) is 13.2 Å². The molecule has 8 heteroatoms. The van der Waals surface area contributed by atoms with E-state index in [1.165, 1.54) is 16.9 Å². The Kier molecular flexibility index (Phi) is 4.10. The van der Waals surface area contributed by atoms with Gasteiger partial charge in [-0.2, -0.15) is 14.9 Å².